The first-order valence-electron chi connectivity index (χ1n) is 8.94. The lowest BCUT2D eigenvalue weighted by Gasteiger charge is -2.41. The molecular weight excluding hydrogens is 301 g/mol. The molecule has 1 heterocycles. The van der Waals surface area contributed by atoms with Gasteiger partial charge in [0.05, 0.1) is 0 Å². The number of fused-ring (bicyclic) bond motifs is 2. The molecule has 126 valence electrons. The molecule has 0 radical (unpaired) electrons. The highest BCUT2D eigenvalue weighted by atomic mass is 19.1. The van der Waals surface area contributed by atoms with Gasteiger partial charge in [-0.15, -0.1) is 0 Å². The Morgan fingerprint density at radius 1 is 1.21 bits per heavy atom. The van der Waals surface area contributed by atoms with Gasteiger partial charge in [0.1, 0.15) is 18.5 Å². The average Bonchev–Trinajstić information content (AvgIpc) is 2.61. The lowest BCUT2D eigenvalue weighted by atomic mass is 9.76. The van der Waals surface area contributed by atoms with Crippen molar-refractivity contribution in [3.63, 3.8) is 0 Å². The molecule has 0 bridgehead atoms. The van der Waals surface area contributed by atoms with Crippen molar-refractivity contribution in [2.24, 2.45) is 0 Å². The second-order valence-corrected chi connectivity index (χ2v) is 6.86. The van der Waals surface area contributed by atoms with Crippen molar-refractivity contribution in [3.8, 4) is 16.9 Å². The maximum atomic E-state index is 13.3. The van der Waals surface area contributed by atoms with Gasteiger partial charge in [-0.1, -0.05) is 37.3 Å². The standard InChI is InChI=1S/C21H24FNO/c1-3-23-11-10-15-8-9-19(24-13-14(2)22)21-17-7-5-4-6-16(17)12-18(23)20(15)21/h4-9,14,18H,3,10-13H2,1-2H3. The number of halogens is 1. The molecule has 0 spiro atoms. The number of benzene rings is 2. The molecule has 0 saturated heterocycles. The molecule has 0 saturated carbocycles. The van der Waals surface area contributed by atoms with E-state index in [2.05, 4.69) is 42.2 Å². The molecule has 2 nitrogen and oxygen atoms in total. The zero-order valence-corrected chi connectivity index (χ0v) is 14.4. The Kier molecular flexibility index (Phi) is 4.05. The Hall–Kier alpha value is -1.87. The van der Waals surface area contributed by atoms with Gasteiger partial charge in [-0.25, -0.2) is 4.39 Å². The monoisotopic (exact) mass is 325 g/mol. The van der Waals surface area contributed by atoms with Gasteiger partial charge in [0.2, 0.25) is 0 Å². The molecule has 24 heavy (non-hydrogen) atoms. The second-order valence-electron chi connectivity index (χ2n) is 6.86. The highest BCUT2D eigenvalue weighted by molar-refractivity contribution is 5.80. The molecule has 1 aliphatic heterocycles. The van der Waals surface area contributed by atoms with Crippen LogP contribution >= 0.6 is 0 Å². The summed E-state index contributed by atoms with van der Waals surface area (Å²) in [5, 5.41) is 0. The number of rotatable bonds is 4. The summed E-state index contributed by atoms with van der Waals surface area (Å²) in [4.78, 5) is 2.56. The number of alkyl halides is 1. The number of likely N-dealkylation sites (N-methyl/N-ethyl adjacent to an activating group) is 1. The molecule has 2 atom stereocenters. The summed E-state index contributed by atoms with van der Waals surface area (Å²) >= 11 is 0. The van der Waals surface area contributed by atoms with E-state index in [0.29, 0.717) is 6.04 Å². The van der Waals surface area contributed by atoms with E-state index < -0.39 is 6.17 Å². The average molecular weight is 325 g/mol. The third-order valence-corrected chi connectivity index (χ3v) is 5.31. The molecule has 0 fully saturated rings. The maximum absolute atomic E-state index is 13.3. The fraction of sp³-hybridized carbons (Fsp3) is 0.429. The van der Waals surface area contributed by atoms with Gasteiger partial charge in [0, 0.05) is 18.2 Å². The minimum absolute atomic E-state index is 0.107. The van der Waals surface area contributed by atoms with Gasteiger partial charge in [0.25, 0.3) is 0 Å². The summed E-state index contributed by atoms with van der Waals surface area (Å²) in [7, 11) is 0. The number of hydrogen-bond donors (Lipinski definition) is 0. The van der Waals surface area contributed by atoms with Crippen molar-refractivity contribution >= 4 is 0 Å². The van der Waals surface area contributed by atoms with E-state index in [1.54, 1.807) is 6.92 Å². The predicted molar refractivity (Wildman–Crippen MR) is 95.3 cm³/mol. The van der Waals surface area contributed by atoms with Crippen molar-refractivity contribution in [3.05, 3.63) is 53.1 Å². The van der Waals surface area contributed by atoms with Crippen molar-refractivity contribution < 1.29 is 9.13 Å². The quantitative estimate of drug-likeness (QED) is 0.817. The van der Waals surface area contributed by atoms with E-state index in [9.17, 15) is 4.39 Å². The van der Waals surface area contributed by atoms with Crippen LogP contribution in [0.25, 0.3) is 11.1 Å². The number of ether oxygens (including phenoxy) is 1. The van der Waals surface area contributed by atoms with Crippen molar-refractivity contribution in [1.29, 1.82) is 0 Å². The van der Waals surface area contributed by atoms with Crippen LogP contribution in [-0.2, 0) is 12.8 Å². The van der Waals surface area contributed by atoms with Gasteiger partial charge in [0.15, 0.2) is 0 Å². The third-order valence-electron chi connectivity index (χ3n) is 5.31. The van der Waals surface area contributed by atoms with E-state index in [0.717, 1.165) is 31.7 Å². The van der Waals surface area contributed by atoms with Gasteiger partial charge >= 0.3 is 0 Å². The summed E-state index contributed by atoms with van der Waals surface area (Å²) in [6.07, 6.45) is 1.16. The van der Waals surface area contributed by atoms with Crippen molar-refractivity contribution in [1.82, 2.24) is 4.90 Å². The minimum atomic E-state index is -0.963. The largest absolute Gasteiger partial charge is 0.490 e. The van der Waals surface area contributed by atoms with E-state index in [1.807, 2.05) is 6.07 Å². The molecule has 2 aromatic carbocycles. The van der Waals surface area contributed by atoms with E-state index in [1.165, 1.54) is 27.8 Å². The van der Waals surface area contributed by atoms with Crippen LogP contribution in [0.5, 0.6) is 5.75 Å². The van der Waals surface area contributed by atoms with Crippen LogP contribution < -0.4 is 4.74 Å². The third kappa shape index (κ3) is 2.51. The highest BCUT2D eigenvalue weighted by Gasteiger charge is 2.35. The van der Waals surface area contributed by atoms with Crippen LogP contribution in [0.15, 0.2) is 36.4 Å². The lowest BCUT2D eigenvalue weighted by molar-refractivity contribution is 0.189. The summed E-state index contributed by atoms with van der Waals surface area (Å²) in [5.74, 6) is 0.827. The molecule has 1 aliphatic carbocycles. The van der Waals surface area contributed by atoms with E-state index in [4.69, 9.17) is 4.74 Å². The van der Waals surface area contributed by atoms with Crippen molar-refractivity contribution in [2.75, 3.05) is 19.7 Å². The first-order chi connectivity index (χ1) is 11.7. The zero-order chi connectivity index (χ0) is 16.7. The normalized spacial score (nSPS) is 20.2. The molecular formula is C21H24FNO. The SMILES string of the molecule is CCN1CCc2ccc(OCC(C)F)c3c2C1Cc1ccccc1-3. The Balaban J connectivity index is 1.90. The van der Waals surface area contributed by atoms with Crippen LogP contribution in [-0.4, -0.2) is 30.8 Å². The minimum Gasteiger partial charge on any atom is -0.490 e. The van der Waals surface area contributed by atoms with Crippen LogP contribution in [0.3, 0.4) is 0 Å². The summed E-state index contributed by atoms with van der Waals surface area (Å²) in [6, 6.07) is 13.2. The smallest absolute Gasteiger partial charge is 0.131 e. The number of nitrogens with zero attached hydrogens (tertiary/aromatic N) is 1. The lowest BCUT2D eigenvalue weighted by Crippen LogP contribution is -2.38. The Labute approximate surface area is 143 Å². The number of hydrogen-bond acceptors (Lipinski definition) is 2. The van der Waals surface area contributed by atoms with E-state index in [-0.39, 0.29) is 6.61 Å². The Morgan fingerprint density at radius 2 is 2.04 bits per heavy atom. The van der Waals surface area contributed by atoms with Crippen LogP contribution in [0, 0.1) is 0 Å². The fourth-order valence-electron chi connectivity index (χ4n) is 4.21. The van der Waals surface area contributed by atoms with Crippen LogP contribution in [0.1, 0.15) is 36.6 Å². The van der Waals surface area contributed by atoms with Gasteiger partial charge in [-0.3, -0.25) is 4.90 Å². The highest BCUT2D eigenvalue weighted by Crippen LogP contribution is 2.49. The molecule has 2 unspecified atom stereocenters. The molecule has 0 amide bonds. The topological polar surface area (TPSA) is 12.5 Å². The van der Waals surface area contributed by atoms with Gasteiger partial charge in [-0.2, -0.15) is 0 Å². The molecule has 3 heteroatoms. The zero-order valence-electron chi connectivity index (χ0n) is 14.4. The van der Waals surface area contributed by atoms with Crippen LogP contribution in [0.4, 0.5) is 4.39 Å². The van der Waals surface area contributed by atoms with Gasteiger partial charge < -0.3 is 4.74 Å². The first-order valence-corrected chi connectivity index (χ1v) is 8.94. The summed E-state index contributed by atoms with van der Waals surface area (Å²) in [6.45, 7) is 6.04. The summed E-state index contributed by atoms with van der Waals surface area (Å²) in [5.41, 5.74) is 6.65. The van der Waals surface area contributed by atoms with Crippen molar-refractivity contribution in [2.45, 2.75) is 38.9 Å². The molecule has 2 aliphatic rings. The molecule has 0 N–H and O–H groups in total. The van der Waals surface area contributed by atoms with E-state index >= 15 is 0 Å². The molecule has 4 rings (SSSR count). The Morgan fingerprint density at radius 3 is 2.83 bits per heavy atom. The Bertz CT molecular complexity index is 755. The first kappa shape index (κ1) is 15.6. The van der Waals surface area contributed by atoms with Crippen LogP contribution in [0.2, 0.25) is 0 Å². The second kappa shape index (κ2) is 6.21. The summed E-state index contributed by atoms with van der Waals surface area (Å²) < 4.78 is 19.2. The maximum Gasteiger partial charge on any atom is 0.131 e. The predicted octanol–water partition coefficient (Wildman–Crippen LogP) is 4.57. The van der Waals surface area contributed by atoms with Gasteiger partial charge in [-0.05, 0) is 54.6 Å². The molecule has 0 aromatic heterocycles. The molecule has 2 aromatic rings. The fourth-order valence-corrected chi connectivity index (χ4v) is 4.21.